The molecule has 1 radical (unpaired) electrons. The van der Waals surface area contributed by atoms with Gasteiger partial charge in [-0.15, -0.1) is 13.1 Å². The summed E-state index contributed by atoms with van der Waals surface area (Å²) in [6.45, 7) is 6.84. The van der Waals surface area contributed by atoms with E-state index in [1.165, 1.54) is 10.6 Å². The number of benzene rings is 1. The molecule has 1 aromatic carbocycles. The monoisotopic (exact) mass is 502 g/mol. The topological polar surface area (TPSA) is 134 Å². The van der Waals surface area contributed by atoms with E-state index in [-0.39, 0.29) is 57.1 Å². The van der Waals surface area contributed by atoms with Gasteiger partial charge in [0.25, 0.3) is 5.69 Å². The van der Waals surface area contributed by atoms with E-state index >= 15 is 0 Å². The first-order valence-corrected chi connectivity index (χ1v) is 10.4. The number of nitrogens with one attached hydrogen (secondary N) is 2. The Morgan fingerprint density at radius 2 is 1.94 bits per heavy atom. The Balaban J connectivity index is 0.000000422. The summed E-state index contributed by atoms with van der Waals surface area (Å²) < 4.78 is 1.42. The molecule has 0 spiro atoms. The van der Waals surface area contributed by atoms with E-state index in [4.69, 9.17) is 11.5 Å². The van der Waals surface area contributed by atoms with Crippen molar-refractivity contribution in [2.75, 3.05) is 45.9 Å². The van der Waals surface area contributed by atoms with Gasteiger partial charge in [0.2, 0.25) is 0 Å². The summed E-state index contributed by atoms with van der Waals surface area (Å²) in [6.07, 6.45) is 2.45. The van der Waals surface area contributed by atoms with Crippen molar-refractivity contribution < 1.29 is 37.8 Å². The molecule has 0 saturated carbocycles. The molecule has 0 aliphatic carbocycles. The number of nitrogens with zero attached hydrogens (tertiary/aromatic N) is 4. The summed E-state index contributed by atoms with van der Waals surface area (Å²) in [5.41, 5.74) is 14.8. The smallest absolute Gasteiger partial charge is 0.250 e. The molecule has 2 aromatic rings. The number of piperazine rings is 1. The van der Waals surface area contributed by atoms with Crippen LogP contribution in [0.25, 0.3) is 16.7 Å². The van der Waals surface area contributed by atoms with E-state index in [0.717, 1.165) is 63.5 Å². The summed E-state index contributed by atoms with van der Waals surface area (Å²) in [5.74, 6) is 0.0978. The Kier molecular flexibility index (Phi) is 11.2. The van der Waals surface area contributed by atoms with Crippen molar-refractivity contribution in [3.8, 4) is 5.69 Å². The van der Waals surface area contributed by atoms with Crippen LogP contribution < -0.4 is 16.7 Å². The first kappa shape index (κ1) is 26.1. The predicted octanol–water partition coefficient (Wildman–Crippen LogP) is 1.02. The van der Waals surface area contributed by atoms with Gasteiger partial charge >= 0.3 is 0 Å². The molecule has 2 fully saturated rings. The zero-order valence-corrected chi connectivity index (χ0v) is 20.6. The van der Waals surface area contributed by atoms with Crippen LogP contribution in [0, 0.1) is 5.92 Å². The number of nitrogens with two attached hydrogens (primary N) is 1. The first-order chi connectivity index (χ1) is 14.6. The molecular formula is C21H31N7O2Y-2. The molecule has 2 unspecified atom stereocenters. The minimum absolute atomic E-state index is 0. The van der Waals surface area contributed by atoms with Gasteiger partial charge in [-0.1, -0.05) is 18.0 Å². The second-order valence-corrected chi connectivity index (χ2v) is 7.68. The normalized spacial score (nSPS) is 21.5. The van der Waals surface area contributed by atoms with Crippen molar-refractivity contribution in [3.63, 3.8) is 0 Å². The van der Waals surface area contributed by atoms with Crippen molar-refractivity contribution in [3.05, 3.63) is 63.6 Å². The van der Waals surface area contributed by atoms with Crippen molar-refractivity contribution in [1.82, 2.24) is 19.8 Å². The molecule has 2 aliphatic rings. The van der Waals surface area contributed by atoms with E-state index in [0.29, 0.717) is 0 Å². The molecule has 0 bridgehead atoms. The van der Waals surface area contributed by atoms with E-state index in [9.17, 15) is 9.90 Å². The van der Waals surface area contributed by atoms with E-state index in [2.05, 4.69) is 20.5 Å². The molecule has 0 amide bonds. The van der Waals surface area contributed by atoms with Gasteiger partial charge in [-0.25, -0.2) is 0 Å². The quantitative estimate of drug-likeness (QED) is 0.572. The van der Waals surface area contributed by atoms with Gasteiger partial charge in [-0.3, -0.25) is 14.3 Å². The summed E-state index contributed by atoms with van der Waals surface area (Å²) in [6, 6.07) is 9.29. The Morgan fingerprint density at radius 3 is 2.48 bits per heavy atom. The number of hydrogen-bond donors (Lipinski definition) is 3. The molecule has 10 heteroatoms. The van der Waals surface area contributed by atoms with Crippen molar-refractivity contribution >= 4 is 5.82 Å². The van der Waals surface area contributed by atoms with Crippen molar-refractivity contribution in [2.45, 2.75) is 19.0 Å². The Labute approximate surface area is 208 Å². The number of rotatable bonds is 4. The second-order valence-electron chi connectivity index (χ2n) is 7.68. The van der Waals surface area contributed by atoms with Gasteiger partial charge in [0.15, 0.2) is 0 Å². The Morgan fingerprint density at radius 1 is 1.23 bits per heavy atom. The Hall–Kier alpha value is -1.20. The average Bonchev–Trinajstić information content (AvgIpc) is 2.77. The van der Waals surface area contributed by atoms with E-state index in [1.807, 2.05) is 24.3 Å². The zero-order chi connectivity index (χ0) is 21.3. The number of hydrogen-bond acceptors (Lipinski definition) is 6. The molecule has 167 valence electrons. The van der Waals surface area contributed by atoms with Crippen LogP contribution in [0.3, 0.4) is 0 Å². The summed E-state index contributed by atoms with van der Waals surface area (Å²) in [4.78, 5) is 17.7. The van der Waals surface area contributed by atoms with Gasteiger partial charge in [0.05, 0.1) is 0 Å². The molecule has 2 atom stereocenters. The maximum Gasteiger partial charge on any atom is 0.250 e. The standard InChI is InChI=1S/C17H23N5O2.C4H9N2.Y/c18-15-5-7-21(10-13(15)11-23)9-12-1-3-14(4-2-12)22-8-6-16(19)20-17(22)24;1-2-6-4-3-5-1;/h1-4,6,8,13,15,23H,5,7,9-11,18H2,(H2,19,20,24);5H,1-4H2;/q;-1;/p-1. The SMILES string of the molecule is C1CNCC[N-]1.[NH-]c1ccn(-c2ccc(CN3CCC(N)C(CO)C3)cc2)c(=O)n1.[Y]. The maximum atomic E-state index is 11.8. The van der Waals surface area contributed by atoms with Crippen LogP contribution in [0.4, 0.5) is 5.82 Å². The number of aliphatic hydroxyl groups excluding tert-OH is 1. The average molecular weight is 502 g/mol. The van der Waals surface area contributed by atoms with Gasteiger partial charge in [-0.2, -0.15) is 0 Å². The molecule has 3 heterocycles. The molecule has 4 rings (SSSR count). The largest absolute Gasteiger partial charge is 0.660 e. The van der Waals surface area contributed by atoms with Crippen LogP contribution in [-0.2, 0) is 39.3 Å². The van der Waals surface area contributed by atoms with Crippen LogP contribution in [-0.4, -0.2) is 71.5 Å². The number of piperidine rings is 1. The summed E-state index contributed by atoms with van der Waals surface area (Å²) in [5, 5.41) is 16.7. The minimum Gasteiger partial charge on any atom is -0.660 e. The van der Waals surface area contributed by atoms with Crippen LogP contribution in [0.5, 0.6) is 0 Å². The zero-order valence-electron chi connectivity index (χ0n) is 17.8. The minimum atomic E-state index is -0.453. The first-order valence-electron chi connectivity index (χ1n) is 10.4. The van der Waals surface area contributed by atoms with Gasteiger partial charge in [-0.05, 0) is 49.8 Å². The summed E-state index contributed by atoms with van der Waals surface area (Å²) in [7, 11) is 0. The van der Waals surface area contributed by atoms with Crippen LogP contribution in [0.2, 0.25) is 0 Å². The van der Waals surface area contributed by atoms with Crippen LogP contribution in [0.15, 0.2) is 41.3 Å². The second kappa shape index (κ2) is 13.4. The van der Waals surface area contributed by atoms with E-state index in [1.54, 1.807) is 6.20 Å². The Bertz CT molecular complexity index is 831. The summed E-state index contributed by atoms with van der Waals surface area (Å²) >= 11 is 0. The fraction of sp³-hybridized carbons (Fsp3) is 0.524. The number of aromatic nitrogens is 2. The third-order valence-electron chi connectivity index (χ3n) is 5.43. The third-order valence-corrected chi connectivity index (χ3v) is 5.43. The van der Waals surface area contributed by atoms with Gasteiger partial charge in [0.1, 0.15) is 0 Å². The molecular weight excluding hydrogens is 471 g/mol. The van der Waals surface area contributed by atoms with Gasteiger partial charge < -0.3 is 32.2 Å². The molecule has 2 saturated heterocycles. The number of likely N-dealkylation sites (tertiary alicyclic amines) is 1. The maximum absolute atomic E-state index is 11.8. The fourth-order valence-electron chi connectivity index (χ4n) is 3.64. The fourth-order valence-corrected chi connectivity index (χ4v) is 3.64. The van der Waals surface area contributed by atoms with Crippen molar-refractivity contribution in [2.24, 2.45) is 11.7 Å². The number of aliphatic hydroxyl groups is 1. The molecule has 31 heavy (non-hydrogen) atoms. The molecule has 1 aromatic heterocycles. The molecule has 9 nitrogen and oxygen atoms in total. The van der Waals surface area contributed by atoms with Gasteiger partial charge in [0, 0.05) is 76.2 Å². The van der Waals surface area contributed by atoms with Crippen LogP contribution in [0.1, 0.15) is 12.0 Å². The third kappa shape index (κ3) is 8.02. The van der Waals surface area contributed by atoms with Crippen LogP contribution >= 0.6 is 0 Å². The molecule has 2 aliphatic heterocycles. The molecule has 5 N–H and O–H groups in total. The van der Waals surface area contributed by atoms with E-state index < -0.39 is 5.69 Å². The predicted molar refractivity (Wildman–Crippen MR) is 118 cm³/mol. The van der Waals surface area contributed by atoms with Crippen molar-refractivity contribution in [1.29, 1.82) is 0 Å².